The Labute approximate surface area is 203 Å². The highest BCUT2D eigenvalue weighted by Gasteiger charge is 2.52. The molecule has 4 heterocycles. The number of amides is 1. The average molecular weight is 475 g/mol. The van der Waals surface area contributed by atoms with E-state index in [1.807, 2.05) is 18.2 Å². The summed E-state index contributed by atoms with van der Waals surface area (Å²) in [7, 11) is 1.68. The van der Waals surface area contributed by atoms with Crippen molar-refractivity contribution in [3.05, 3.63) is 51.4 Å². The van der Waals surface area contributed by atoms with Crippen molar-refractivity contribution in [1.82, 2.24) is 24.8 Å². The number of aryl methyl sites for hydroxylation is 1. The molecule has 2 aliphatic rings. The van der Waals surface area contributed by atoms with Crippen LogP contribution in [0.5, 0.6) is 0 Å². The quantitative estimate of drug-likeness (QED) is 0.533. The predicted octanol–water partition coefficient (Wildman–Crippen LogP) is 3.03. The van der Waals surface area contributed by atoms with Crippen LogP contribution in [0.15, 0.2) is 29.1 Å². The minimum atomic E-state index is -0.893. The highest BCUT2D eigenvalue weighted by molar-refractivity contribution is 5.81. The number of likely N-dealkylation sites (tertiary alicyclic amines) is 1. The van der Waals surface area contributed by atoms with Crippen molar-refractivity contribution in [1.29, 1.82) is 5.26 Å². The fraction of sp³-hybridized carbons (Fsp3) is 0.462. The first kappa shape index (κ1) is 23.1. The van der Waals surface area contributed by atoms with Crippen molar-refractivity contribution in [2.75, 3.05) is 13.1 Å². The van der Waals surface area contributed by atoms with Crippen LogP contribution in [0.4, 0.5) is 4.79 Å². The number of benzene rings is 1. The smallest absolute Gasteiger partial charge is 0.407 e. The van der Waals surface area contributed by atoms with E-state index in [1.165, 1.54) is 4.57 Å². The number of hydrogen-bond acceptors (Lipinski definition) is 5. The van der Waals surface area contributed by atoms with E-state index in [-0.39, 0.29) is 17.1 Å². The highest BCUT2D eigenvalue weighted by atomic mass is 16.4. The maximum absolute atomic E-state index is 12.4. The van der Waals surface area contributed by atoms with E-state index in [0.29, 0.717) is 42.0 Å². The van der Waals surface area contributed by atoms with Gasteiger partial charge in [-0.1, -0.05) is 26.8 Å². The van der Waals surface area contributed by atoms with Crippen molar-refractivity contribution in [2.24, 2.45) is 12.5 Å². The minimum absolute atomic E-state index is 0.0217. The number of fused-ring (bicyclic) bond motifs is 3. The third-order valence-electron chi connectivity index (χ3n) is 7.22. The largest absolute Gasteiger partial charge is 0.465 e. The zero-order valence-corrected chi connectivity index (χ0v) is 20.5. The fourth-order valence-corrected chi connectivity index (χ4v) is 5.69. The molecule has 1 amide bonds. The van der Waals surface area contributed by atoms with Gasteiger partial charge in [-0.25, -0.2) is 14.6 Å². The summed E-state index contributed by atoms with van der Waals surface area (Å²) >= 11 is 0. The van der Waals surface area contributed by atoms with Gasteiger partial charge in [-0.15, -0.1) is 0 Å². The average Bonchev–Trinajstić information content (AvgIpc) is 3.44. The zero-order chi connectivity index (χ0) is 25.1. The summed E-state index contributed by atoms with van der Waals surface area (Å²) in [6.07, 6.45) is 1.17. The van der Waals surface area contributed by atoms with Crippen LogP contribution in [0.1, 0.15) is 43.9 Å². The molecular weight excluding hydrogens is 444 g/mol. The first-order valence-corrected chi connectivity index (χ1v) is 11.9. The van der Waals surface area contributed by atoms with Crippen molar-refractivity contribution in [3.8, 4) is 17.3 Å². The first-order chi connectivity index (χ1) is 16.5. The summed E-state index contributed by atoms with van der Waals surface area (Å²) in [5.41, 5.74) is 4.27. The molecule has 9 nitrogen and oxygen atoms in total. The minimum Gasteiger partial charge on any atom is -0.465 e. The lowest BCUT2D eigenvalue weighted by Gasteiger charge is -2.37. The van der Waals surface area contributed by atoms with Gasteiger partial charge in [0.05, 0.1) is 28.4 Å². The van der Waals surface area contributed by atoms with Gasteiger partial charge >= 0.3 is 11.8 Å². The Morgan fingerprint density at radius 2 is 2.11 bits per heavy atom. The molecule has 2 saturated heterocycles. The number of nitriles is 1. The lowest BCUT2D eigenvalue weighted by atomic mass is 9.86. The van der Waals surface area contributed by atoms with Crippen LogP contribution in [0, 0.1) is 16.7 Å². The summed E-state index contributed by atoms with van der Waals surface area (Å²) in [6, 6.07) is 10.1. The molecule has 3 N–H and O–H groups in total. The zero-order valence-electron chi connectivity index (χ0n) is 20.5. The molecule has 2 fully saturated rings. The van der Waals surface area contributed by atoms with Gasteiger partial charge in [0.1, 0.15) is 0 Å². The van der Waals surface area contributed by atoms with Crippen LogP contribution in [0.25, 0.3) is 22.4 Å². The van der Waals surface area contributed by atoms with Crippen molar-refractivity contribution < 1.29 is 9.90 Å². The number of carboxylic acid groups (broad SMARTS) is 1. The van der Waals surface area contributed by atoms with Crippen LogP contribution in [-0.2, 0) is 19.9 Å². The van der Waals surface area contributed by atoms with E-state index in [4.69, 9.17) is 4.98 Å². The van der Waals surface area contributed by atoms with E-state index < -0.39 is 11.6 Å². The molecule has 2 aliphatic heterocycles. The molecule has 0 aliphatic carbocycles. The van der Waals surface area contributed by atoms with Gasteiger partial charge in [0.15, 0.2) is 5.65 Å². The van der Waals surface area contributed by atoms with Crippen LogP contribution < -0.4 is 11.0 Å². The van der Waals surface area contributed by atoms with Crippen molar-refractivity contribution >= 4 is 17.3 Å². The Hall–Kier alpha value is -3.64. The summed E-state index contributed by atoms with van der Waals surface area (Å²) in [5.74, 6) is 0. The first-order valence-electron chi connectivity index (χ1n) is 11.9. The molecule has 182 valence electrons. The number of hydrogen-bond donors (Lipinski definition) is 3. The van der Waals surface area contributed by atoms with E-state index in [9.17, 15) is 20.0 Å². The number of nitrogens with one attached hydrogen (secondary N) is 2. The predicted molar refractivity (Wildman–Crippen MR) is 132 cm³/mol. The van der Waals surface area contributed by atoms with Crippen LogP contribution >= 0.6 is 0 Å². The molecule has 0 spiro atoms. The molecular formula is C26H30N6O3. The molecule has 35 heavy (non-hydrogen) atoms. The van der Waals surface area contributed by atoms with Gasteiger partial charge in [-0.3, -0.25) is 9.47 Å². The standard InChI is InChI=1S/C26H30N6O3/c1-25(2,3)10-17-8-20(29-22-21(17)30-23(33)31(22)4)19-7-15(5-6-16(19)12-27)9-26-11-18(28-14-26)13-32(26)24(34)35/h5-8,18,28H,9-11,13-14H2,1-4H3,(H,30,33)(H,34,35). The Morgan fingerprint density at radius 3 is 2.77 bits per heavy atom. The molecule has 2 bridgehead atoms. The lowest BCUT2D eigenvalue weighted by molar-refractivity contribution is 0.0963. The summed E-state index contributed by atoms with van der Waals surface area (Å²) < 4.78 is 1.49. The van der Waals surface area contributed by atoms with Gasteiger partial charge in [0, 0.05) is 31.7 Å². The number of nitrogens with zero attached hydrogens (tertiary/aromatic N) is 4. The van der Waals surface area contributed by atoms with Crippen LogP contribution in [0.3, 0.4) is 0 Å². The summed E-state index contributed by atoms with van der Waals surface area (Å²) in [6.45, 7) is 7.52. The van der Waals surface area contributed by atoms with Gasteiger partial charge in [-0.2, -0.15) is 5.26 Å². The summed E-state index contributed by atoms with van der Waals surface area (Å²) in [4.78, 5) is 33.6. The molecule has 2 unspecified atom stereocenters. The molecule has 0 radical (unpaired) electrons. The summed E-state index contributed by atoms with van der Waals surface area (Å²) in [5, 5.41) is 23.0. The second-order valence-electron chi connectivity index (χ2n) is 11.2. The number of aromatic amines is 1. The monoisotopic (exact) mass is 474 g/mol. The second kappa shape index (κ2) is 7.95. The number of H-pyrrole nitrogens is 1. The van der Waals surface area contributed by atoms with Gasteiger partial charge in [0.25, 0.3) is 0 Å². The highest BCUT2D eigenvalue weighted by Crippen LogP contribution is 2.38. The Morgan fingerprint density at radius 1 is 1.34 bits per heavy atom. The van der Waals surface area contributed by atoms with E-state index in [0.717, 1.165) is 29.5 Å². The maximum Gasteiger partial charge on any atom is 0.407 e. The number of piperazine rings is 1. The Bertz CT molecular complexity index is 1440. The second-order valence-corrected chi connectivity index (χ2v) is 11.2. The molecule has 9 heteroatoms. The van der Waals surface area contributed by atoms with E-state index in [2.05, 4.69) is 37.1 Å². The number of rotatable bonds is 4. The normalized spacial score (nSPS) is 21.6. The number of carbonyl (C=O) groups is 1. The van der Waals surface area contributed by atoms with Crippen LogP contribution in [-0.4, -0.2) is 55.3 Å². The number of pyridine rings is 1. The third kappa shape index (κ3) is 3.98. The Balaban J connectivity index is 1.62. The number of imidazole rings is 1. The molecule has 1 aromatic carbocycles. The van der Waals surface area contributed by atoms with Crippen molar-refractivity contribution in [2.45, 2.75) is 51.6 Å². The molecule has 3 aromatic rings. The molecule has 0 saturated carbocycles. The van der Waals surface area contributed by atoms with Crippen molar-refractivity contribution in [3.63, 3.8) is 0 Å². The number of aromatic nitrogens is 3. The SMILES string of the molecule is Cn1c(=O)[nH]c2c(CC(C)(C)C)cc(-c3cc(CC45CNC(CN4C(=O)O)C5)ccc3C#N)nc21. The lowest BCUT2D eigenvalue weighted by Crippen LogP contribution is -2.55. The van der Waals surface area contributed by atoms with Gasteiger partial charge in [-0.05, 0) is 54.0 Å². The van der Waals surface area contributed by atoms with Gasteiger partial charge < -0.3 is 15.4 Å². The maximum atomic E-state index is 12.4. The topological polar surface area (TPSA) is 127 Å². The van der Waals surface area contributed by atoms with E-state index in [1.54, 1.807) is 18.0 Å². The third-order valence-corrected chi connectivity index (χ3v) is 7.22. The Kier molecular flexibility index (Phi) is 5.25. The van der Waals surface area contributed by atoms with E-state index >= 15 is 0 Å². The van der Waals surface area contributed by atoms with Crippen LogP contribution in [0.2, 0.25) is 0 Å². The fourth-order valence-electron chi connectivity index (χ4n) is 5.69. The molecule has 2 atom stereocenters. The molecule has 2 aromatic heterocycles. The van der Waals surface area contributed by atoms with Gasteiger partial charge in [0.2, 0.25) is 0 Å². The molecule has 5 rings (SSSR count).